The first kappa shape index (κ1) is 15.1. The molecule has 0 bridgehead atoms. The molecular weight excluding hydrogens is 276 g/mol. The quantitative estimate of drug-likeness (QED) is 0.842. The van der Waals surface area contributed by atoms with E-state index in [9.17, 15) is 9.59 Å². The van der Waals surface area contributed by atoms with E-state index in [2.05, 4.69) is 0 Å². The third-order valence-corrected chi connectivity index (χ3v) is 4.92. The molecule has 118 valence electrons. The van der Waals surface area contributed by atoms with Gasteiger partial charge in [-0.1, -0.05) is 30.5 Å². The highest BCUT2D eigenvalue weighted by atomic mass is 16.2. The minimum Gasteiger partial charge on any atom is -0.329 e. The van der Waals surface area contributed by atoms with Crippen molar-refractivity contribution >= 4 is 17.5 Å². The van der Waals surface area contributed by atoms with Crippen LogP contribution in [-0.2, 0) is 9.59 Å². The second-order valence-corrected chi connectivity index (χ2v) is 6.64. The van der Waals surface area contributed by atoms with Crippen LogP contribution >= 0.6 is 0 Å². The maximum absolute atomic E-state index is 12.6. The standard InChI is InChI=1S/C18H24N2O2/c1-13-7-9-16(10-8-13)20-11-14(2)19(12-17(20)21)18(22)15-5-3-4-6-15/h7-10,14-15H,3-6,11-12H2,1-2H3/t14-/m1/s1. The van der Waals surface area contributed by atoms with Crippen LogP contribution < -0.4 is 4.90 Å². The Labute approximate surface area is 132 Å². The van der Waals surface area contributed by atoms with E-state index in [1.807, 2.05) is 43.0 Å². The first-order valence-corrected chi connectivity index (χ1v) is 8.24. The molecule has 0 aromatic heterocycles. The van der Waals surface area contributed by atoms with Crippen LogP contribution in [0.3, 0.4) is 0 Å². The van der Waals surface area contributed by atoms with E-state index in [0.717, 1.165) is 31.4 Å². The van der Waals surface area contributed by atoms with Gasteiger partial charge in [0, 0.05) is 24.2 Å². The molecule has 1 aromatic carbocycles. The second kappa shape index (κ2) is 6.11. The lowest BCUT2D eigenvalue weighted by Gasteiger charge is -2.40. The molecule has 1 heterocycles. The maximum atomic E-state index is 12.6. The number of benzene rings is 1. The van der Waals surface area contributed by atoms with Gasteiger partial charge in [0.15, 0.2) is 0 Å². The molecular formula is C18H24N2O2. The summed E-state index contributed by atoms with van der Waals surface area (Å²) in [5.41, 5.74) is 2.11. The number of anilines is 1. The maximum Gasteiger partial charge on any atom is 0.246 e. The van der Waals surface area contributed by atoms with Crippen molar-refractivity contribution in [3.8, 4) is 0 Å². The van der Waals surface area contributed by atoms with E-state index in [4.69, 9.17) is 0 Å². The van der Waals surface area contributed by atoms with Crippen molar-refractivity contribution in [2.24, 2.45) is 5.92 Å². The highest BCUT2D eigenvalue weighted by Crippen LogP contribution is 2.29. The molecule has 1 saturated carbocycles. The van der Waals surface area contributed by atoms with Gasteiger partial charge in [-0.25, -0.2) is 0 Å². The number of hydrogen-bond donors (Lipinski definition) is 0. The minimum atomic E-state index is 0.0216. The van der Waals surface area contributed by atoms with Gasteiger partial charge in [-0.3, -0.25) is 9.59 Å². The zero-order chi connectivity index (χ0) is 15.7. The Morgan fingerprint density at radius 1 is 1.14 bits per heavy atom. The average Bonchev–Trinajstić information content (AvgIpc) is 3.04. The predicted molar refractivity (Wildman–Crippen MR) is 86.7 cm³/mol. The molecule has 1 aromatic rings. The summed E-state index contributed by atoms with van der Waals surface area (Å²) in [6, 6.07) is 8.07. The summed E-state index contributed by atoms with van der Waals surface area (Å²) < 4.78 is 0. The number of nitrogens with zero attached hydrogens (tertiary/aromatic N) is 2. The lowest BCUT2D eigenvalue weighted by molar-refractivity contribution is -0.142. The number of carbonyl (C=O) groups is 2. The third kappa shape index (κ3) is 2.87. The number of hydrogen-bond acceptors (Lipinski definition) is 2. The van der Waals surface area contributed by atoms with E-state index in [1.165, 1.54) is 5.56 Å². The summed E-state index contributed by atoms with van der Waals surface area (Å²) in [5, 5.41) is 0. The van der Waals surface area contributed by atoms with Crippen LogP contribution in [0.4, 0.5) is 5.69 Å². The first-order valence-electron chi connectivity index (χ1n) is 8.24. The van der Waals surface area contributed by atoms with Crippen LogP contribution in [0.25, 0.3) is 0 Å². The van der Waals surface area contributed by atoms with Gasteiger partial charge in [0.25, 0.3) is 0 Å². The molecule has 0 radical (unpaired) electrons. The SMILES string of the molecule is Cc1ccc(N2C[C@@H](C)N(C(=O)C3CCCC3)CC2=O)cc1. The Kier molecular flexibility index (Phi) is 4.19. The molecule has 2 amide bonds. The smallest absolute Gasteiger partial charge is 0.246 e. The second-order valence-electron chi connectivity index (χ2n) is 6.64. The van der Waals surface area contributed by atoms with Gasteiger partial charge < -0.3 is 9.80 Å². The number of aryl methyl sites for hydroxylation is 1. The van der Waals surface area contributed by atoms with Gasteiger partial charge in [0.1, 0.15) is 6.54 Å². The van der Waals surface area contributed by atoms with Crippen LogP contribution in [0.5, 0.6) is 0 Å². The highest BCUT2D eigenvalue weighted by Gasteiger charge is 2.36. The molecule has 0 N–H and O–H groups in total. The Balaban J connectivity index is 1.72. The van der Waals surface area contributed by atoms with Crippen LogP contribution in [0.15, 0.2) is 24.3 Å². The van der Waals surface area contributed by atoms with Crippen molar-refractivity contribution in [1.82, 2.24) is 4.90 Å². The first-order chi connectivity index (χ1) is 10.6. The van der Waals surface area contributed by atoms with Crippen molar-refractivity contribution in [3.63, 3.8) is 0 Å². The molecule has 0 unspecified atom stereocenters. The van der Waals surface area contributed by atoms with Crippen molar-refractivity contribution in [2.75, 3.05) is 18.0 Å². The number of amides is 2. The number of rotatable bonds is 2. The minimum absolute atomic E-state index is 0.0216. The molecule has 2 fully saturated rings. The topological polar surface area (TPSA) is 40.6 Å². The summed E-state index contributed by atoms with van der Waals surface area (Å²) in [5.74, 6) is 0.344. The van der Waals surface area contributed by atoms with Gasteiger partial charge in [-0.05, 0) is 38.8 Å². The third-order valence-electron chi connectivity index (χ3n) is 4.92. The van der Waals surface area contributed by atoms with Gasteiger partial charge in [0.05, 0.1) is 0 Å². The Hall–Kier alpha value is -1.84. The van der Waals surface area contributed by atoms with Crippen molar-refractivity contribution < 1.29 is 9.59 Å². The number of piperazine rings is 1. The largest absolute Gasteiger partial charge is 0.329 e. The molecule has 1 aliphatic heterocycles. The molecule has 2 aliphatic rings. The van der Waals surface area contributed by atoms with E-state index < -0.39 is 0 Å². The zero-order valence-corrected chi connectivity index (χ0v) is 13.4. The molecule has 3 rings (SSSR count). The van der Waals surface area contributed by atoms with Crippen LogP contribution in [0.1, 0.15) is 38.2 Å². The van der Waals surface area contributed by atoms with E-state index in [1.54, 1.807) is 4.90 Å². The summed E-state index contributed by atoms with van der Waals surface area (Å²) >= 11 is 0. The lowest BCUT2D eigenvalue weighted by atomic mass is 10.0. The summed E-state index contributed by atoms with van der Waals surface area (Å²) in [6.07, 6.45) is 4.25. The normalized spacial score (nSPS) is 23.2. The summed E-state index contributed by atoms with van der Waals surface area (Å²) in [6.45, 7) is 4.87. The van der Waals surface area contributed by atoms with Crippen molar-refractivity contribution in [3.05, 3.63) is 29.8 Å². The fourth-order valence-electron chi connectivity index (χ4n) is 3.53. The van der Waals surface area contributed by atoms with Gasteiger partial charge in [0.2, 0.25) is 11.8 Å². The molecule has 22 heavy (non-hydrogen) atoms. The molecule has 4 heteroatoms. The van der Waals surface area contributed by atoms with Crippen LogP contribution in [0.2, 0.25) is 0 Å². The van der Waals surface area contributed by atoms with Crippen LogP contribution in [-0.4, -0.2) is 35.8 Å². The monoisotopic (exact) mass is 300 g/mol. The Bertz CT molecular complexity index is 561. The van der Waals surface area contributed by atoms with E-state index in [-0.39, 0.29) is 30.3 Å². The molecule has 1 aliphatic carbocycles. The van der Waals surface area contributed by atoms with Gasteiger partial charge in [-0.2, -0.15) is 0 Å². The lowest BCUT2D eigenvalue weighted by Crippen LogP contribution is -2.58. The average molecular weight is 300 g/mol. The van der Waals surface area contributed by atoms with Crippen LogP contribution in [0, 0.1) is 12.8 Å². The fourth-order valence-corrected chi connectivity index (χ4v) is 3.53. The highest BCUT2D eigenvalue weighted by molar-refractivity contribution is 5.98. The van der Waals surface area contributed by atoms with E-state index >= 15 is 0 Å². The number of carbonyl (C=O) groups excluding carboxylic acids is 2. The summed E-state index contributed by atoms with van der Waals surface area (Å²) in [7, 11) is 0. The summed E-state index contributed by atoms with van der Waals surface area (Å²) in [4.78, 5) is 28.7. The Morgan fingerprint density at radius 3 is 2.41 bits per heavy atom. The fraction of sp³-hybridized carbons (Fsp3) is 0.556. The Morgan fingerprint density at radius 2 is 1.77 bits per heavy atom. The van der Waals surface area contributed by atoms with Crippen molar-refractivity contribution in [2.45, 2.75) is 45.6 Å². The predicted octanol–water partition coefficient (Wildman–Crippen LogP) is 2.75. The molecule has 4 nitrogen and oxygen atoms in total. The molecule has 1 saturated heterocycles. The zero-order valence-electron chi connectivity index (χ0n) is 13.4. The molecule has 0 spiro atoms. The van der Waals surface area contributed by atoms with E-state index in [0.29, 0.717) is 6.54 Å². The van der Waals surface area contributed by atoms with Gasteiger partial charge >= 0.3 is 0 Å². The molecule has 1 atom stereocenters. The van der Waals surface area contributed by atoms with Gasteiger partial charge in [-0.15, -0.1) is 0 Å². The van der Waals surface area contributed by atoms with Crippen molar-refractivity contribution in [1.29, 1.82) is 0 Å².